The van der Waals surface area contributed by atoms with E-state index in [2.05, 4.69) is 10.1 Å². The molecule has 0 fully saturated rings. The zero-order valence-corrected chi connectivity index (χ0v) is 11.8. The van der Waals surface area contributed by atoms with Gasteiger partial charge in [0.1, 0.15) is 12.1 Å². The van der Waals surface area contributed by atoms with E-state index >= 15 is 0 Å². The van der Waals surface area contributed by atoms with Crippen molar-refractivity contribution < 1.29 is 32.6 Å². The van der Waals surface area contributed by atoms with E-state index in [0.717, 1.165) is 7.11 Å². The number of hydrogen-bond donors (Lipinski definition) is 2. The number of esters is 1. The van der Waals surface area contributed by atoms with Gasteiger partial charge in [-0.25, -0.2) is 4.79 Å². The Balaban J connectivity index is 2.69. The third-order valence-corrected chi connectivity index (χ3v) is 2.93. The third-order valence-electron chi connectivity index (χ3n) is 2.93. The molecule has 0 saturated carbocycles. The summed E-state index contributed by atoms with van der Waals surface area (Å²) in [5, 5.41) is 11.2. The van der Waals surface area contributed by atoms with Gasteiger partial charge in [0.25, 0.3) is 5.91 Å². The number of nitrogens with one attached hydrogen (secondary N) is 1. The molecule has 0 aliphatic heterocycles. The van der Waals surface area contributed by atoms with Gasteiger partial charge in [0.15, 0.2) is 0 Å². The Hall–Kier alpha value is -2.09. The monoisotopic (exact) mass is 319 g/mol. The van der Waals surface area contributed by atoms with Crippen molar-refractivity contribution >= 4 is 11.9 Å². The number of alkyl halides is 3. The van der Waals surface area contributed by atoms with Gasteiger partial charge in [0.05, 0.1) is 7.11 Å². The van der Waals surface area contributed by atoms with Crippen LogP contribution in [0.25, 0.3) is 0 Å². The van der Waals surface area contributed by atoms with E-state index in [1.165, 1.54) is 12.1 Å². The third kappa shape index (κ3) is 5.36. The molecule has 0 aliphatic rings. The molecule has 0 unspecified atom stereocenters. The summed E-state index contributed by atoms with van der Waals surface area (Å²) in [4.78, 5) is 23.5. The van der Waals surface area contributed by atoms with Crippen LogP contribution in [-0.2, 0) is 9.53 Å². The number of hydrogen-bond acceptors (Lipinski definition) is 4. The van der Waals surface area contributed by atoms with Crippen LogP contribution in [0, 0.1) is 0 Å². The van der Waals surface area contributed by atoms with Gasteiger partial charge in [0, 0.05) is 5.56 Å². The number of amides is 1. The lowest BCUT2D eigenvalue weighted by atomic mass is 10.1. The predicted octanol–water partition coefficient (Wildman–Crippen LogP) is 1.66. The van der Waals surface area contributed by atoms with Crippen molar-refractivity contribution in [2.75, 3.05) is 7.11 Å². The summed E-state index contributed by atoms with van der Waals surface area (Å²) in [5.41, 5.74) is 0.257. The van der Waals surface area contributed by atoms with Gasteiger partial charge < -0.3 is 15.2 Å². The fourth-order valence-corrected chi connectivity index (χ4v) is 1.71. The molecular formula is C14H16F3NO4. The first kappa shape index (κ1) is 18.0. The number of aliphatic hydroxyl groups excluding tert-OH is 1. The van der Waals surface area contributed by atoms with E-state index in [0.29, 0.717) is 0 Å². The zero-order valence-electron chi connectivity index (χ0n) is 11.8. The summed E-state index contributed by atoms with van der Waals surface area (Å²) in [6.45, 7) is 0. The maximum absolute atomic E-state index is 12.3. The Morgan fingerprint density at radius 2 is 1.82 bits per heavy atom. The summed E-state index contributed by atoms with van der Waals surface area (Å²) in [5.74, 6) is -1.49. The lowest BCUT2D eigenvalue weighted by Crippen LogP contribution is -2.42. The Morgan fingerprint density at radius 1 is 1.23 bits per heavy atom. The molecule has 122 valence electrons. The second-order valence-corrected chi connectivity index (χ2v) is 4.55. The van der Waals surface area contributed by atoms with Crippen LogP contribution in [0.2, 0.25) is 0 Å². The van der Waals surface area contributed by atoms with Gasteiger partial charge in [-0.05, 0) is 25.0 Å². The molecule has 22 heavy (non-hydrogen) atoms. The molecule has 1 amide bonds. The van der Waals surface area contributed by atoms with E-state index in [1.807, 2.05) is 0 Å². The maximum atomic E-state index is 12.3. The van der Waals surface area contributed by atoms with Crippen LogP contribution in [0.1, 0.15) is 23.2 Å². The van der Waals surface area contributed by atoms with E-state index < -0.39 is 43.0 Å². The van der Waals surface area contributed by atoms with Gasteiger partial charge in [0.2, 0.25) is 0 Å². The number of carbonyl (C=O) groups excluding carboxylic acids is 2. The Bertz CT molecular complexity index is 505. The van der Waals surface area contributed by atoms with Crippen LogP contribution in [0.3, 0.4) is 0 Å². The molecule has 2 atom stereocenters. The molecule has 0 radical (unpaired) electrons. The van der Waals surface area contributed by atoms with Crippen molar-refractivity contribution in [1.82, 2.24) is 5.32 Å². The fourth-order valence-electron chi connectivity index (χ4n) is 1.71. The number of aliphatic hydroxyl groups is 1. The Kier molecular flexibility index (Phi) is 6.36. The number of carbonyl (C=O) groups is 2. The van der Waals surface area contributed by atoms with Gasteiger partial charge in [-0.3, -0.25) is 4.79 Å². The molecular weight excluding hydrogens is 303 g/mol. The van der Waals surface area contributed by atoms with Crippen LogP contribution in [-0.4, -0.2) is 42.4 Å². The fraction of sp³-hybridized carbons (Fsp3) is 0.429. The molecule has 0 aromatic heterocycles. The first-order chi connectivity index (χ1) is 10.3. The highest BCUT2D eigenvalue weighted by Gasteiger charge is 2.38. The smallest absolute Gasteiger partial charge is 0.414 e. The number of benzene rings is 1. The van der Waals surface area contributed by atoms with E-state index in [4.69, 9.17) is 5.11 Å². The first-order valence-corrected chi connectivity index (χ1v) is 6.44. The van der Waals surface area contributed by atoms with Crippen LogP contribution in [0.4, 0.5) is 13.2 Å². The lowest BCUT2D eigenvalue weighted by Gasteiger charge is -2.19. The van der Waals surface area contributed by atoms with Crippen LogP contribution in [0.5, 0.6) is 0 Å². The highest BCUT2D eigenvalue weighted by molar-refractivity contribution is 5.96. The minimum atomic E-state index is -4.77. The minimum Gasteiger partial charge on any atom is -0.467 e. The van der Waals surface area contributed by atoms with Crippen molar-refractivity contribution in [1.29, 1.82) is 0 Å². The first-order valence-electron chi connectivity index (χ1n) is 6.44. The quantitative estimate of drug-likeness (QED) is 0.782. The van der Waals surface area contributed by atoms with Crippen molar-refractivity contribution in [2.24, 2.45) is 0 Å². The summed E-state index contributed by atoms with van der Waals surface area (Å²) >= 11 is 0. The number of halogens is 3. The Labute approximate surface area is 125 Å². The SMILES string of the molecule is COC(=O)[C@H](CC[C@H](O)C(F)(F)F)NC(=O)c1ccccc1. The molecule has 0 heterocycles. The second kappa shape index (κ2) is 7.79. The molecule has 8 heteroatoms. The van der Waals surface area contributed by atoms with Gasteiger partial charge in [-0.1, -0.05) is 18.2 Å². The molecule has 0 bridgehead atoms. The molecule has 1 aromatic rings. The van der Waals surface area contributed by atoms with Gasteiger partial charge >= 0.3 is 12.1 Å². The standard InChI is InChI=1S/C14H16F3NO4/c1-22-13(21)10(7-8-11(19)14(15,16)17)18-12(20)9-5-3-2-4-6-9/h2-6,10-11,19H,7-8H2,1H3,(H,18,20)/t10-,11-/m0/s1. The van der Waals surface area contributed by atoms with Crippen LogP contribution < -0.4 is 5.32 Å². The summed E-state index contributed by atoms with van der Waals surface area (Å²) in [7, 11) is 1.06. The van der Waals surface area contributed by atoms with E-state index in [9.17, 15) is 22.8 Å². The molecule has 5 nitrogen and oxygen atoms in total. The molecule has 2 N–H and O–H groups in total. The molecule has 1 rings (SSSR count). The average Bonchev–Trinajstić information content (AvgIpc) is 2.49. The summed E-state index contributed by atoms with van der Waals surface area (Å²) in [6, 6.07) is 6.62. The molecule has 0 saturated heterocycles. The van der Waals surface area contributed by atoms with Crippen molar-refractivity contribution in [3.05, 3.63) is 35.9 Å². The van der Waals surface area contributed by atoms with Crippen LogP contribution in [0.15, 0.2) is 30.3 Å². The average molecular weight is 319 g/mol. The van der Waals surface area contributed by atoms with E-state index in [-0.39, 0.29) is 5.56 Å². The summed E-state index contributed by atoms with van der Waals surface area (Å²) < 4.78 is 41.2. The second-order valence-electron chi connectivity index (χ2n) is 4.55. The Morgan fingerprint density at radius 3 is 2.32 bits per heavy atom. The normalized spacial score (nSPS) is 14.0. The van der Waals surface area contributed by atoms with Crippen LogP contribution >= 0.6 is 0 Å². The number of rotatable bonds is 6. The van der Waals surface area contributed by atoms with Gasteiger partial charge in [-0.15, -0.1) is 0 Å². The highest BCUT2D eigenvalue weighted by Crippen LogP contribution is 2.23. The predicted molar refractivity (Wildman–Crippen MR) is 71.0 cm³/mol. The van der Waals surface area contributed by atoms with Crippen molar-refractivity contribution in [2.45, 2.75) is 31.2 Å². The van der Waals surface area contributed by atoms with Crippen molar-refractivity contribution in [3.63, 3.8) is 0 Å². The topological polar surface area (TPSA) is 75.6 Å². The maximum Gasteiger partial charge on any atom is 0.414 e. The number of methoxy groups -OCH3 is 1. The zero-order chi connectivity index (χ0) is 16.8. The molecule has 0 aliphatic carbocycles. The molecule has 1 aromatic carbocycles. The largest absolute Gasteiger partial charge is 0.467 e. The van der Waals surface area contributed by atoms with Gasteiger partial charge in [-0.2, -0.15) is 13.2 Å². The lowest BCUT2D eigenvalue weighted by molar-refractivity contribution is -0.206. The van der Waals surface area contributed by atoms with E-state index in [1.54, 1.807) is 18.2 Å². The molecule has 0 spiro atoms. The number of ether oxygens (including phenoxy) is 1. The minimum absolute atomic E-state index is 0.257. The van der Waals surface area contributed by atoms with Crippen molar-refractivity contribution in [3.8, 4) is 0 Å². The summed E-state index contributed by atoms with van der Waals surface area (Å²) in [6.07, 6.45) is -8.46. The highest BCUT2D eigenvalue weighted by atomic mass is 19.4.